The zero-order chi connectivity index (χ0) is 26.2. The molecule has 2 heterocycles. The monoisotopic (exact) mass is 514 g/mol. The number of carboxylic acids is 1. The highest BCUT2D eigenvalue weighted by Gasteiger charge is 2.38. The Morgan fingerprint density at radius 2 is 1.97 bits per heavy atom. The summed E-state index contributed by atoms with van der Waals surface area (Å²) in [7, 11) is -3.75. The third kappa shape index (κ3) is 8.24. The maximum Gasteiger partial charge on any atom is 0.326 e. The number of carboxylic acid groups (broad SMARTS) is 1. The molecule has 35 heavy (non-hydrogen) atoms. The zero-order valence-corrected chi connectivity index (χ0v) is 21.7. The molecule has 0 aliphatic heterocycles. The predicted molar refractivity (Wildman–Crippen MR) is 129 cm³/mol. The van der Waals surface area contributed by atoms with Gasteiger partial charge in [-0.1, -0.05) is 13.8 Å². The fourth-order valence-corrected chi connectivity index (χ4v) is 5.03. The number of carbonyl (C=O) groups is 2. The van der Waals surface area contributed by atoms with E-state index < -0.39 is 37.0 Å². The van der Waals surface area contributed by atoms with Gasteiger partial charge < -0.3 is 29.4 Å². The van der Waals surface area contributed by atoms with E-state index in [1.54, 1.807) is 17.8 Å². The highest BCUT2D eigenvalue weighted by molar-refractivity contribution is 7.56. The summed E-state index contributed by atoms with van der Waals surface area (Å²) in [4.78, 5) is 35.9. The number of hydrogen-bond acceptors (Lipinski definition) is 10. The van der Waals surface area contributed by atoms with Gasteiger partial charge in [-0.3, -0.25) is 14.2 Å². The number of nitrogens with zero attached hydrogens (tertiary/aromatic N) is 4. The average Bonchev–Trinajstić information content (AvgIpc) is 3.19. The SMILES string of the molecule is CCCOC(=O)C(C)(C)N[P@](=O)(CO[C@H](C)Cn1cnc2c(N)ncnc21)OCC[C@H](C)C(=O)O. The van der Waals surface area contributed by atoms with Crippen molar-refractivity contribution in [1.82, 2.24) is 24.6 Å². The van der Waals surface area contributed by atoms with Crippen LogP contribution in [0.1, 0.15) is 47.5 Å². The van der Waals surface area contributed by atoms with E-state index in [4.69, 9.17) is 24.8 Å². The van der Waals surface area contributed by atoms with Gasteiger partial charge in [0.25, 0.3) is 7.52 Å². The molecule has 196 valence electrons. The minimum Gasteiger partial charge on any atom is -0.481 e. The van der Waals surface area contributed by atoms with Crippen LogP contribution in [-0.4, -0.2) is 67.8 Å². The number of hydrogen-bond donors (Lipinski definition) is 3. The number of aliphatic carboxylic acids is 1. The first-order chi connectivity index (χ1) is 16.4. The molecule has 0 aliphatic rings. The molecule has 0 bridgehead atoms. The van der Waals surface area contributed by atoms with Crippen LogP contribution in [0.2, 0.25) is 0 Å². The number of nitrogens with one attached hydrogen (secondary N) is 1. The van der Waals surface area contributed by atoms with E-state index >= 15 is 0 Å². The second-order valence-electron chi connectivity index (χ2n) is 8.84. The summed E-state index contributed by atoms with van der Waals surface area (Å²) in [6.45, 7) is 8.69. The Morgan fingerprint density at radius 1 is 1.26 bits per heavy atom. The van der Waals surface area contributed by atoms with Gasteiger partial charge in [-0.2, -0.15) is 0 Å². The van der Waals surface area contributed by atoms with Crippen molar-refractivity contribution >= 4 is 36.4 Å². The molecule has 13 nitrogen and oxygen atoms in total. The third-order valence-electron chi connectivity index (χ3n) is 5.08. The lowest BCUT2D eigenvalue weighted by Crippen LogP contribution is -2.47. The smallest absolute Gasteiger partial charge is 0.326 e. The molecule has 0 spiro atoms. The van der Waals surface area contributed by atoms with Crippen LogP contribution in [0.25, 0.3) is 11.2 Å². The number of fused-ring (bicyclic) bond motifs is 1. The Hall–Kier alpha value is -2.60. The summed E-state index contributed by atoms with van der Waals surface area (Å²) in [5, 5.41) is 11.9. The van der Waals surface area contributed by atoms with Crippen molar-refractivity contribution in [2.24, 2.45) is 5.92 Å². The van der Waals surface area contributed by atoms with Crippen molar-refractivity contribution in [2.75, 3.05) is 25.3 Å². The number of esters is 1. The Morgan fingerprint density at radius 3 is 2.63 bits per heavy atom. The fourth-order valence-electron chi connectivity index (χ4n) is 3.04. The number of anilines is 1. The van der Waals surface area contributed by atoms with Crippen molar-refractivity contribution in [1.29, 1.82) is 0 Å². The summed E-state index contributed by atoms with van der Waals surface area (Å²) < 4.78 is 32.0. The second-order valence-corrected chi connectivity index (χ2v) is 10.9. The van der Waals surface area contributed by atoms with Crippen LogP contribution in [0.4, 0.5) is 5.82 Å². The van der Waals surface area contributed by atoms with Crippen LogP contribution in [0, 0.1) is 5.92 Å². The van der Waals surface area contributed by atoms with Crippen molar-refractivity contribution < 1.29 is 33.3 Å². The quantitative estimate of drug-likeness (QED) is 0.234. The fraction of sp³-hybridized carbons (Fsp3) is 0.667. The maximum atomic E-state index is 13.7. The Bertz CT molecular complexity index is 1060. The van der Waals surface area contributed by atoms with E-state index in [1.807, 2.05) is 6.92 Å². The third-order valence-corrected chi connectivity index (χ3v) is 7.07. The van der Waals surface area contributed by atoms with Gasteiger partial charge in [0, 0.05) is 0 Å². The number of ether oxygens (including phenoxy) is 2. The van der Waals surface area contributed by atoms with E-state index in [-0.39, 0.29) is 31.8 Å². The molecule has 0 fully saturated rings. The number of carbonyl (C=O) groups excluding carboxylic acids is 1. The summed E-state index contributed by atoms with van der Waals surface area (Å²) in [5.74, 6) is -1.99. The van der Waals surface area contributed by atoms with Gasteiger partial charge in [0.2, 0.25) is 0 Å². The first-order valence-corrected chi connectivity index (χ1v) is 13.2. The van der Waals surface area contributed by atoms with E-state index in [2.05, 4.69) is 20.0 Å². The Kier molecular flexibility index (Phi) is 10.1. The molecule has 0 aromatic carbocycles. The van der Waals surface area contributed by atoms with E-state index in [0.29, 0.717) is 24.1 Å². The van der Waals surface area contributed by atoms with Crippen molar-refractivity contribution in [3.05, 3.63) is 12.7 Å². The standard InChI is InChI=1S/C21H35N6O7P/c1-6-8-32-20(30)21(4,5)26-35(31,34-9-7-14(2)19(28)29)13-33-15(3)10-27-12-25-16-17(22)23-11-24-18(16)27/h11-12,14-15H,6-10,13H2,1-5H3,(H,26,31)(H,28,29)(H2,22,23,24)/t14-,15+,35-/m0/s1. The van der Waals surface area contributed by atoms with Crippen molar-refractivity contribution in [3.8, 4) is 0 Å². The van der Waals surface area contributed by atoms with Crippen LogP contribution < -0.4 is 10.8 Å². The molecule has 0 saturated carbocycles. The lowest BCUT2D eigenvalue weighted by molar-refractivity contribution is -0.149. The van der Waals surface area contributed by atoms with Gasteiger partial charge in [0.1, 0.15) is 23.7 Å². The second kappa shape index (κ2) is 12.4. The van der Waals surface area contributed by atoms with E-state index in [9.17, 15) is 14.2 Å². The average molecular weight is 515 g/mol. The first-order valence-electron chi connectivity index (χ1n) is 11.3. The molecule has 2 aromatic heterocycles. The molecular formula is C21H35N6O7P. The lowest BCUT2D eigenvalue weighted by atomic mass is 10.1. The zero-order valence-electron chi connectivity index (χ0n) is 20.8. The maximum absolute atomic E-state index is 13.7. The van der Waals surface area contributed by atoms with Gasteiger partial charge in [-0.05, 0) is 33.6 Å². The molecule has 14 heteroatoms. The number of imidazole rings is 1. The molecule has 3 atom stereocenters. The summed E-state index contributed by atoms with van der Waals surface area (Å²) in [5.41, 5.74) is 5.50. The molecular weight excluding hydrogens is 479 g/mol. The van der Waals surface area contributed by atoms with Crippen LogP contribution in [0.15, 0.2) is 12.7 Å². The van der Waals surface area contributed by atoms with Gasteiger partial charge in [0.15, 0.2) is 11.5 Å². The highest BCUT2D eigenvalue weighted by Crippen LogP contribution is 2.45. The van der Waals surface area contributed by atoms with Crippen LogP contribution in [-0.2, 0) is 34.7 Å². The van der Waals surface area contributed by atoms with Gasteiger partial charge in [-0.25, -0.2) is 20.0 Å². The highest BCUT2D eigenvalue weighted by atomic mass is 31.2. The van der Waals surface area contributed by atoms with Crippen LogP contribution in [0.5, 0.6) is 0 Å². The minimum atomic E-state index is -3.75. The molecule has 4 N–H and O–H groups in total. The molecule has 2 aromatic rings. The molecule has 0 unspecified atom stereocenters. The summed E-state index contributed by atoms with van der Waals surface area (Å²) in [6.07, 6.45) is 2.87. The topological polar surface area (TPSA) is 181 Å². The Labute approximate surface area is 204 Å². The Balaban J connectivity index is 2.09. The largest absolute Gasteiger partial charge is 0.481 e. The van der Waals surface area contributed by atoms with Gasteiger partial charge in [-0.15, -0.1) is 0 Å². The number of rotatable bonds is 15. The molecule has 0 amide bonds. The molecule has 0 aliphatic carbocycles. The van der Waals surface area contributed by atoms with Crippen molar-refractivity contribution in [2.45, 2.75) is 65.6 Å². The lowest BCUT2D eigenvalue weighted by Gasteiger charge is -2.30. The summed E-state index contributed by atoms with van der Waals surface area (Å²) in [6, 6.07) is 0. The summed E-state index contributed by atoms with van der Waals surface area (Å²) >= 11 is 0. The molecule has 2 rings (SSSR count). The van der Waals surface area contributed by atoms with Gasteiger partial charge >= 0.3 is 11.9 Å². The normalized spacial score (nSPS) is 15.5. The van der Waals surface area contributed by atoms with E-state index in [1.165, 1.54) is 27.1 Å². The van der Waals surface area contributed by atoms with Crippen LogP contribution in [0.3, 0.4) is 0 Å². The number of nitrogens with two attached hydrogens (primary N) is 1. The van der Waals surface area contributed by atoms with E-state index in [0.717, 1.165) is 0 Å². The van der Waals surface area contributed by atoms with Crippen LogP contribution >= 0.6 is 7.52 Å². The first kappa shape index (κ1) is 28.6. The number of aromatic nitrogens is 4. The predicted octanol–water partition coefficient (Wildman–Crippen LogP) is 2.41. The van der Waals surface area contributed by atoms with Gasteiger partial charge in [0.05, 0.1) is 38.1 Å². The minimum absolute atomic E-state index is 0.0993. The molecule has 0 saturated heterocycles. The molecule has 0 radical (unpaired) electrons. The van der Waals surface area contributed by atoms with Crippen molar-refractivity contribution in [3.63, 3.8) is 0 Å². The number of nitrogen functional groups attached to an aromatic ring is 1.